The van der Waals surface area contributed by atoms with Crippen LogP contribution in [0.4, 0.5) is 24.5 Å². The van der Waals surface area contributed by atoms with Crippen LogP contribution in [-0.2, 0) is 20.9 Å². The van der Waals surface area contributed by atoms with Crippen LogP contribution in [0.2, 0.25) is 0 Å². The largest absolute Gasteiger partial charge is 0.490 e. The molecule has 55 heavy (non-hydrogen) atoms. The fourth-order valence-electron chi connectivity index (χ4n) is 5.81. The number of hydrogen-bond donors (Lipinski definition) is 3. The van der Waals surface area contributed by atoms with Crippen molar-refractivity contribution in [2.75, 3.05) is 23.4 Å². The topological polar surface area (TPSA) is 178 Å². The predicted molar refractivity (Wildman–Crippen MR) is 196 cm³/mol. The number of para-hydroxylation sites is 4. The smallest absolute Gasteiger partial charge is 0.475 e. The van der Waals surface area contributed by atoms with E-state index < -0.39 is 42.0 Å². The second-order valence-electron chi connectivity index (χ2n) is 12.3. The SMILES string of the molecule is CN[C@@H](C)C(=O)N[C@H]1CN(C(=O)c2ccc(C(C)=O)cc2)c2ccccc2N(Cc2nn(-c3ccccc3C#N)c3ccccc23)C1=O.O=C(O)C(F)(F)F. The number of carboxylic acids is 1. The van der Waals surface area contributed by atoms with Gasteiger partial charge < -0.3 is 25.5 Å². The molecule has 1 aliphatic rings. The zero-order valence-corrected chi connectivity index (χ0v) is 29.7. The Morgan fingerprint density at radius 1 is 0.909 bits per heavy atom. The van der Waals surface area contributed by atoms with Gasteiger partial charge in [0.1, 0.15) is 12.1 Å². The number of Topliss-reactive ketones (excluding diaryl/α,β-unsaturated/α-hetero) is 1. The van der Waals surface area contributed by atoms with Crippen molar-refractivity contribution in [3.8, 4) is 11.8 Å². The summed E-state index contributed by atoms with van der Waals surface area (Å²) in [5.74, 6) is -4.09. The first-order chi connectivity index (χ1) is 26.2. The second-order valence-corrected chi connectivity index (χ2v) is 12.3. The summed E-state index contributed by atoms with van der Waals surface area (Å²) in [5, 5.41) is 28.4. The molecule has 1 aromatic heterocycles. The van der Waals surface area contributed by atoms with Crippen LogP contribution < -0.4 is 20.4 Å². The van der Waals surface area contributed by atoms with Crippen molar-refractivity contribution in [3.05, 3.63) is 119 Å². The maximum absolute atomic E-state index is 14.5. The average molecular weight is 754 g/mol. The Balaban J connectivity index is 0.000000757. The summed E-state index contributed by atoms with van der Waals surface area (Å²) in [6.07, 6.45) is -5.08. The van der Waals surface area contributed by atoms with Gasteiger partial charge in [0.25, 0.3) is 11.8 Å². The van der Waals surface area contributed by atoms with Crippen molar-refractivity contribution in [3.63, 3.8) is 0 Å². The van der Waals surface area contributed by atoms with Gasteiger partial charge >= 0.3 is 12.1 Å². The summed E-state index contributed by atoms with van der Waals surface area (Å²) in [4.78, 5) is 65.6. The first kappa shape index (κ1) is 39.3. The van der Waals surface area contributed by atoms with Crippen LogP contribution in [0.15, 0.2) is 97.1 Å². The molecule has 16 heteroatoms. The van der Waals surface area contributed by atoms with Crippen molar-refractivity contribution >= 4 is 51.8 Å². The summed E-state index contributed by atoms with van der Waals surface area (Å²) in [5.41, 5.74) is 4.10. The lowest BCUT2D eigenvalue weighted by Crippen LogP contribution is -2.55. The number of nitrogens with one attached hydrogen (secondary N) is 2. The van der Waals surface area contributed by atoms with Crippen LogP contribution in [0.3, 0.4) is 0 Å². The second kappa shape index (κ2) is 16.4. The molecule has 282 valence electrons. The molecule has 13 nitrogen and oxygen atoms in total. The highest BCUT2D eigenvalue weighted by Gasteiger charge is 2.39. The lowest BCUT2D eigenvalue weighted by Gasteiger charge is -2.26. The standard InChI is InChI=1S/C37H33N7O4.C2HF3O2/c1-23(39-3)35(46)40-30-22-42(36(47)26-18-16-25(17-19-26)24(2)45)33-14-8-9-15-34(33)43(37(30)48)21-29-28-11-5-7-13-32(28)44(41-29)31-12-6-4-10-27(31)20-38;3-2(4,5)1(6)7/h4-19,23,30,39H,21-22H2,1-3H3,(H,40,46);(H,6,7)/t23-,30-;/m0./s1. The fourth-order valence-corrected chi connectivity index (χ4v) is 5.81. The molecule has 5 aromatic rings. The van der Waals surface area contributed by atoms with Crippen LogP contribution in [0, 0.1) is 11.3 Å². The molecule has 0 spiro atoms. The molecular formula is C39H34F3N7O6. The van der Waals surface area contributed by atoms with E-state index in [1.807, 2.05) is 36.4 Å². The van der Waals surface area contributed by atoms with Gasteiger partial charge in [-0.25, -0.2) is 9.48 Å². The molecule has 0 saturated carbocycles. The number of benzene rings is 4. The summed E-state index contributed by atoms with van der Waals surface area (Å²) in [6.45, 7) is 3.02. The van der Waals surface area contributed by atoms with Crippen molar-refractivity contribution in [2.45, 2.75) is 38.7 Å². The first-order valence-electron chi connectivity index (χ1n) is 16.7. The van der Waals surface area contributed by atoms with Gasteiger partial charge in [-0.1, -0.05) is 54.6 Å². The van der Waals surface area contributed by atoms with E-state index in [0.717, 1.165) is 10.9 Å². The highest BCUT2D eigenvalue weighted by molar-refractivity contribution is 6.13. The summed E-state index contributed by atoms with van der Waals surface area (Å²) in [7, 11) is 1.65. The quantitative estimate of drug-likeness (QED) is 0.184. The van der Waals surface area contributed by atoms with Gasteiger partial charge in [0, 0.05) is 16.5 Å². The number of nitrogens with zero attached hydrogens (tertiary/aromatic N) is 5. The minimum absolute atomic E-state index is 0.0152. The van der Waals surface area contributed by atoms with Gasteiger partial charge in [-0.3, -0.25) is 19.2 Å². The van der Waals surface area contributed by atoms with E-state index in [0.29, 0.717) is 39.4 Å². The summed E-state index contributed by atoms with van der Waals surface area (Å²) in [6, 6.07) is 28.7. The Kier molecular flexibility index (Phi) is 11.8. The van der Waals surface area contributed by atoms with Crippen LogP contribution in [0.5, 0.6) is 0 Å². The molecular weight excluding hydrogens is 719 g/mol. The Morgan fingerprint density at radius 2 is 1.47 bits per heavy atom. The molecule has 4 aromatic carbocycles. The summed E-state index contributed by atoms with van der Waals surface area (Å²) < 4.78 is 33.4. The lowest BCUT2D eigenvalue weighted by atomic mass is 10.1. The van der Waals surface area contributed by atoms with E-state index in [9.17, 15) is 37.6 Å². The third kappa shape index (κ3) is 8.53. The third-order valence-corrected chi connectivity index (χ3v) is 8.79. The number of aromatic nitrogens is 2. The highest BCUT2D eigenvalue weighted by Crippen LogP contribution is 2.36. The predicted octanol–water partition coefficient (Wildman–Crippen LogP) is 5.02. The molecule has 3 N–H and O–H groups in total. The van der Waals surface area contributed by atoms with Crippen molar-refractivity contribution < 1.29 is 42.3 Å². The number of halogens is 3. The Morgan fingerprint density at radius 3 is 2.07 bits per heavy atom. The van der Waals surface area contributed by atoms with Gasteiger partial charge in [0.05, 0.1) is 53.0 Å². The number of carbonyl (C=O) groups is 5. The molecule has 0 saturated heterocycles. The van der Waals surface area contributed by atoms with E-state index in [1.54, 1.807) is 84.2 Å². The minimum atomic E-state index is -5.08. The Labute approximate surface area is 312 Å². The summed E-state index contributed by atoms with van der Waals surface area (Å²) >= 11 is 0. The molecule has 0 radical (unpaired) electrons. The van der Waals surface area contributed by atoms with Crippen LogP contribution in [0.1, 0.15) is 45.8 Å². The molecule has 0 aliphatic carbocycles. The molecule has 2 atom stereocenters. The number of alkyl halides is 3. The van der Waals surface area contributed by atoms with Gasteiger partial charge in [-0.05, 0) is 63.4 Å². The Hall–Kier alpha value is -6.86. The van der Waals surface area contributed by atoms with Gasteiger partial charge in [-0.15, -0.1) is 0 Å². The normalized spacial score (nSPS) is 14.5. The molecule has 0 fully saturated rings. The monoisotopic (exact) mass is 753 g/mol. The van der Waals surface area contributed by atoms with E-state index in [2.05, 4.69) is 16.7 Å². The van der Waals surface area contributed by atoms with E-state index >= 15 is 0 Å². The van der Waals surface area contributed by atoms with Crippen molar-refractivity contribution in [1.82, 2.24) is 20.4 Å². The third-order valence-electron chi connectivity index (χ3n) is 8.79. The number of hydrogen-bond acceptors (Lipinski definition) is 8. The number of nitriles is 1. The van der Waals surface area contributed by atoms with Gasteiger partial charge in [-0.2, -0.15) is 23.5 Å². The molecule has 6 rings (SSSR count). The maximum Gasteiger partial charge on any atom is 0.490 e. The van der Waals surface area contributed by atoms with E-state index in [-0.39, 0.29) is 18.9 Å². The zero-order chi connectivity index (χ0) is 40.0. The van der Waals surface area contributed by atoms with Gasteiger partial charge in [0.15, 0.2) is 5.78 Å². The van der Waals surface area contributed by atoms with Crippen LogP contribution in [-0.4, -0.2) is 76.2 Å². The number of likely N-dealkylation sites (N-methyl/N-ethyl adjacent to an activating group) is 1. The minimum Gasteiger partial charge on any atom is -0.475 e. The number of aliphatic carboxylic acids is 1. The average Bonchev–Trinajstić information content (AvgIpc) is 3.50. The van der Waals surface area contributed by atoms with Gasteiger partial charge in [0.2, 0.25) is 5.91 Å². The number of fused-ring (bicyclic) bond motifs is 2. The molecule has 0 unspecified atom stereocenters. The number of amides is 3. The van der Waals surface area contributed by atoms with Crippen molar-refractivity contribution in [2.24, 2.45) is 0 Å². The molecule has 1 aliphatic heterocycles. The van der Waals surface area contributed by atoms with Crippen LogP contribution in [0.25, 0.3) is 16.6 Å². The molecule has 3 amide bonds. The molecule has 0 bridgehead atoms. The first-order valence-corrected chi connectivity index (χ1v) is 16.7. The highest BCUT2D eigenvalue weighted by atomic mass is 19.4. The number of anilines is 2. The number of ketones is 1. The van der Waals surface area contributed by atoms with E-state index in [4.69, 9.17) is 15.0 Å². The lowest BCUT2D eigenvalue weighted by molar-refractivity contribution is -0.192. The fraction of sp³-hybridized carbons (Fsp3) is 0.205. The number of rotatable bonds is 8. The number of carbonyl (C=O) groups excluding carboxylic acids is 4. The molecule has 2 heterocycles. The van der Waals surface area contributed by atoms with Crippen molar-refractivity contribution in [1.29, 1.82) is 5.26 Å². The zero-order valence-electron chi connectivity index (χ0n) is 29.7. The Bertz CT molecular complexity index is 2320. The van der Waals surface area contributed by atoms with Crippen LogP contribution >= 0.6 is 0 Å². The number of carboxylic acid groups (broad SMARTS) is 1. The van der Waals surface area contributed by atoms with E-state index in [1.165, 1.54) is 11.8 Å². The maximum atomic E-state index is 14.5.